The number of ether oxygens (including phenoxy) is 1. The number of amides is 1. The Bertz CT molecular complexity index is 1650. The lowest BCUT2D eigenvalue weighted by Gasteiger charge is -2.30. The molecule has 72 heavy (non-hydrogen) atoms. The third kappa shape index (κ3) is 51.3. The van der Waals surface area contributed by atoms with Crippen molar-refractivity contribution in [2.75, 3.05) is 40.9 Å². The van der Waals surface area contributed by atoms with Gasteiger partial charge in [0, 0.05) is 12.8 Å². The molecule has 0 bridgehead atoms. The number of quaternary nitrogens is 1. The Kier molecular flexibility index (Phi) is 48.4. The van der Waals surface area contributed by atoms with Gasteiger partial charge in [-0.05, 0) is 109 Å². The molecule has 0 aromatic rings. The number of esters is 1. The van der Waals surface area contributed by atoms with Gasteiger partial charge in [-0.3, -0.25) is 14.2 Å². The van der Waals surface area contributed by atoms with Crippen LogP contribution in [-0.4, -0.2) is 69.4 Å². The topological polar surface area (TPSA) is 114 Å². The van der Waals surface area contributed by atoms with Crippen LogP contribution in [-0.2, 0) is 27.9 Å². The Morgan fingerprint density at radius 2 is 0.903 bits per heavy atom. The van der Waals surface area contributed by atoms with Crippen LogP contribution in [0.25, 0.3) is 0 Å². The van der Waals surface area contributed by atoms with Crippen molar-refractivity contribution in [1.82, 2.24) is 5.32 Å². The first-order chi connectivity index (χ1) is 34.9. The van der Waals surface area contributed by atoms with Gasteiger partial charge in [-0.2, -0.15) is 0 Å². The molecule has 10 heteroatoms. The number of rotatable bonds is 49. The number of carbonyl (C=O) groups is 2. The predicted molar refractivity (Wildman–Crippen MR) is 307 cm³/mol. The molecule has 0 aliphatic carbocycles. The molecule has 1 N–H and O–H groups in total. The number of carbonyl (C=O) groups excluding carboxylic acids is 2. The molecule has 0 aliphatic heterocycles. The molecule has 0 spiro atoms. The van der Waals surface area contributed by atoms with E-state index in [0.717, 1.165) is 89.9 Å². The average Bonchev–Trinajstić information content (AvgIpc) is 3.34. The standard InChI is InChI=1S/C62H105N2O7P/c1-7-10-13-16-19-22-25-27-29-31-32-33-35-37-40-43-46-49-52-55-62(66)71-60(53-50-47-44-41-38-24-21-18-15-12-9-3)59(58-70-72(67,68)69-57-56-64(4,5)6)63-61(65)54-51-48-45-42-39-36-34-30-28-26-23-20-17-14-11-8-2/h11,14,19-20,22-23,27-30,32-33,36-37,39-40,45,48,50,53,59-60H,7-10,12-13,15-18,21,24-26,31,34-35,38,41-44,46-47,49,51-52,54-58H2,1-6H3,(H-,63,65,67,68)/b14-11+,22-19-,23-20+,29-27-,30-28+,33-32-,39-36+,40-37-,48-45+,53-50+. The minimum Gasteiger partial charge on any atom is -0.756 e. The molecule has 0 aromatic heterocycles. The Morgan fingerprint density at radius 3 is 1.39 bits per heavy atom. The maximum absolute atomic E-state index is 13.4. The fraction of sp³-hybridized carbons (Fsp3) is 0.645. The highest BCUT2D eigenvalue weighted by atomic mass is 31.2. The van der Waals surface area contributed by atoms with E-state index in [9.17, 15) is 19.0 Å². The highest BCUT2D eigenvalue weighted by Gasteiger charge is 2.27. The monoisotopic (exact) mass is 1020 g/mol. The van der Waals surface area contributed by atoms with Crippen molar-refractivity contribution < 1.29 is 37.3 Å². The lowest BCUT2D eigenvalue weighted by atomic mass is 10.1. The van der Waals surface area contributed by atoms with Crippen LogP contribution in [0.2, 0.25) is 0 Å². The molecule has 0 heterocycles. The van der Waals surface area contributed by atoms with Gasteiger partial charge in [0.2, 0.25) is 5.91 Å². The van der Waals surface area contributed by atoms with E-state index in [1.807, 2.05) is 39.4 Å². The highest BCUT2D eigenvalue weighted by molar-refractivity contribution is 7.45. The molecular formula is C62H105N2O7P. The van der Waals surface area contributed by atoms with E-state index in [2.05, 4.69) is 123 Å². The van der Waals surface area contributed by atoms with Crippen LogP contribution in [0.3, 0.4) is 0 Å². The van der Waals surface area contributed by atoms with E-state index in [4.69, 9.17) is 13.8 Å². The van der Waals surface area contributed by atoms with Gasteiger partial charge in [-0.25, -0.2) is 0 Å². The first-order valence-corrected chi connectivity index (χ1v) is 29.8. The molecule has 0 saturated carbocycles. The van der Waals surface area contributed by atoms with Gasteiger partial charge in [0.25, 0.3) is 7.82 Å². The van der Waals surface area contributed by atoms with Crippen LogP contribution in [0.4, 0.5) is 0 Å². The van der Waals surface area contributed by atoms with Gasteiger partial charge < -0.3 is 28.5 Å². The molecule has 9 nitrogen and oxygen atoms in total. The second-order valence-corrected chi connectivity index (χ2v) is 21.1. The molecule has 0 aliphatic rings. The SMILES string of the molecule is CC/C=C/C/C=C/C/C=C/C/C=C/C/C=C/CCC(=O)NC(COP(=O)([O-])OCC[N+](C)(C)C)C(/C=C/CCCCCCCCCCC)OC(=O)CCCCC/C=C\C/C=C\C/C=C\C/C=C\CCCCC. The van der Waals surface area contributed by atoms with Gasteiger partial charge in [-0.15, -0.1) is 0 Å². The van der Waals surface area contributed by atoms with Crippen molar-refractivity contribution in [2.24, 2.45) is 0 Å². The molecule has 0 fully saturated rings. The smallest absolute Gasteiger partial charge is 0.306 e. The van der Waals surface area contributed by atoms with Gasteiger partial charge in [-0.1, -0.05) is 207 Å². The zero-order valence-electron chi connectivity index (χ0n) is 46.6. The Balaban J connectivity index is 5.50. The fourth-order valence-corrected chi connectivity index (χ4v) is 7.98. The summed E-state index contributed by atoms with van der Waals surface area (Å²) >= 11 is 0. The van der Waals surface area contributed by atoms with Crippen molar-refractivity contribution in [3.05, 3.63) is 122 Å². The maximum atomic E-state index is 13.4. The number of unbranched alkanes of at least 4 members (excludes halogenated alkanes) is 15. The number of hydrogen-bond acceptors (Lipinski definition) is 7. The van der Waals surface area contributed by atoms with Gasteiger partial charge in [0.05, 0.1) is 33.8 Å². The summed E-state index contributed by atoms with van der Waals surface area (Å²) in [4.78, 5) is 39.8. The molecule has 0 rings (SSSR count). The van der Waals surface area contributed by atoms with Crippen LogP contribution in [0.1, 0.15) is 207 Å². The molecule has 3 unspecified atom stereocenters. The molecule has 0 radical (unpaired) electrons. The number of hydrogen-bond donors (Lipinski definition) is 1. The fourth-order valence-electron chi connectivity index (χ4n) is 7.25. The van der Waals surface area contributed by atoms with Crippen LogP contribution in [0.15, 0.2) is 122 Å². The third-order valence-corrected chi connectivity index (χ3v) is 12.6. The van der Waals surface area contributed by atoms with E-state index in [-0.39, 0.29) is 25.4 Å². The Morgan fingerprint density at radius 1 is 0.500 bits per heavy atom. The summed E-state index contributed by atoms with van der Waals surface area (Å²) in [6.07, 6.45) is 70.4. The zero-order chi connectivity index (χ0) is 52.9. The first kappa shape index (κ1) is 68.4. The van der Waals surface area contributed by atoms with Crippen LogP contribution in [0, 0.1) is 0 Å². The van der Waals surface area contributed by atoms with Crippen LogP contribution >= 0.6 is 7.82 Å². The number of phosphoric ester groups is 1. The van der Waals surface area contributed by atoms with Crippen molar-refractivity contribution in [3.8, 4) is 0 Å². The molecule has 1 amide bonds. The number of nitrogens with zero attached hydrogens (tertiary/aromatic N) is 1. The second kappa shape index (κ2) is 50.9. The minimum atomic E-state index is -4.73. The molecule has 3 atom stereocenters. The number of allylic oxidation sites excluding steroid dienone is 19. The Hall–Kier alpha value is -3.59. The summed E-state index contributed by atoms with van der Waals surface area (Å²) in [6.45, 7) is 6.58. The molecule has 0 aromatic carbocycles. The summed E-state index contributed by atoms with van der Waals surface area (Å²) in [6, 6.07) is -0.948. The highest BCUT2D eigenvalue weighted by Crippen LogP contribution is 2.38. The summed E-state index contributed by atoms with van der Waals surface area (Å²) in [5, 5.41) is 2.95. The lowest BCUT2D eigenvalue weighted by molar-refractivity contribution is -0.870. The van der Waals surface area contributed by atoms with Gasteiger partial charge in [0.15, 0.2) is 0 Å². The van der Waals surface area contributed by atoms with Crippen molar-refractivity contribution >= 4 is 19.7 Å². The molecule has 410 valence electrons. The number of nitrogens with one attached hydrogen (secondary N) is 1. The quantitative estimate of drug-likeness (QED) is 0.0212. The van der Waals surface area contributed by atoms with E-state index < -0.39 is 32.5 Å². The van der Waals surface area contributed by atoms with Gasteiger partial charge >= 0.3 is 5.97 Å². The lowest BCUT2D eigenvalue weighted by Crippen LogP contribution is -2.47. The normalized spacial score (nSPS) is 14.7. The summed E-state index contributed by atoms with van der Waals surface area (Å²) in [5.41, 5.74) is 0. The van der Waals surface area contributed by atoms with E-state index >= 15 is 0 Å². The average molecular weight is 1020 g/mol. The van der Waals surface area contributed by atoms with E-state index in [1.165, 1.54) is 70.6 Å². The third-order valence-electron chi connectivity index (χ3n) is 11.6. The summed E-state index contributed by atoms with van der Waals surface area (Å²) in [5.74, 6) is -0.686. The van der Waals surface area contributed by atoms with Crippen molar-refractivity contribution in [2.45, 2.75) is 219 Å². The number of phosphoric acid groups is 1. The Labute approximate surface area is 442 Å². The zero-order valence-corrected chi connectivity index (χ0v) is 47.5. The minimum absolute atomic E-state index is 0.0476. The predicted octanol–water partition coefficient (Wildman–Crippen LogP) is 16.5. The van der Waals surface area contributed by atoms with Crippen molar-refractivity contribution in [3.63, 3.8) is 0 Å². The molecular weight excluding hydrogens is 916 g/mol. The van der Waals surface area contributed by atoms with Crippen molar-refractivity contribution in [1.29, 1.82) is 0 Å². The maximum Gasteiger partial charge on any atom is 0.306 e. The van der Waals surface area contributed by atoms with Crippen LogP contribution < -0.4 is 10.2 Å². The number of likely N-dealkylation sites (N-methyl/N-ethyl adjacent to an activating group) is 1. The van der Waals surface area contributed by atoms with E-state index in [0.29, 0.717) is 23.9 Å². The summed E-state index contributed by atoms with van der Waals surface area (Å²) < 4.78 is 30.1. The van der Waals surface area contributed by atoms with Crippen LogP contribution in [0.5, 0.6) is 0 Å². The van der Waals surface area contributed by atoms with E-state index in [1.54, 1.807) is 6.08 Å². The largest absolute Gasteiger partial charge is 0.756 e. The van der Waals surface area contributed by atoms with Gasteiger partial charge in [0.1, 0.15) is 19.3 Å². The second-order valence-electron chi connectivity index (χ2n) is 19.7. The first-order valence-electron chi connectivity index (χ1n) is 28.3. The molecule has 0 saturated heterocycles. The summed E-state index contributed by atoms with van der Waals surface area (Å²) in [7, 11) is 1.10.